The SMILES string of the molecule is CC(C)(C)OC(=O)N1CC[C@]2(CCc3c(OCc4ccccc4)cccc3O2)C1. The molecular formula is C24H29NO4. The molecule has 0 radical (unpaired) electrons. The Bertz CT molecular complexity index is 874. The van der Waals surface area contributed by atoms with E-state index >= 15 is 0 Å². The zero-order valence-electron chi connectivity index (χ0n) is 17.4. The Morgan fingerprint density at radius 2 is 1.90 bits per heavy atom. The summed E-state index contributed by atoms with van der Waals surface area (Å²) in [6.45, 7) is 7.43. The summed E-state index contributed by atoms with van der Waals surface area (Å²) < 4.78 is 18.1. The van der Waals surface area contributed by atoms with Crippen molar-refractivity contribution < 1.29 is 19.0 Å². The highest BCUT2D eigenvalue weighted by Gasteiger charge is 2.45. The smallest absolute Gasteiger partial charge is 0.410 e. The Labute approximate surface area is 172 Å². The third-order valence-corrected chi connectivity index (χ3v) is 5.45. The minimum Gasteiger partial charge on any atom is -0.488 e. The Morgan fingerprint density at radius 1 is 1.10 bits per heavy atom. The fourth-order valence-electron chi connectivity index (χ4n) is 4.01. The van der Waals surface area contributed by atoms with Gasteiger partial charge in [0.05, 0.1) is 6.54 Å². The second-order valence-corrected chi connectivity index (χ2v) is 8.94. The first kappa shape index (κ1) is 19.6. The molecule has 1 saturated heterocycles. The number of carbonyl (C=O) groups is 1. The van der Waals surface area contributed by atoms with Crippen LogP contribution in [0.4, 0.5) is 4.79 Å². The summed E-state index contributed by atoms with van der Waals surface area (Å²) in [7, 11) is 0. The minimum absolute atomic E-state index is 0.260. The highest BCUT2D eigenvalue weighted by atomic mass is 16.6. The maximum Gasteiger partial charge on any atom is 0.410 e. The molecule has 1 fully saturated rings. The third kappa shape index (κ3) is 4.50. The zero-order valence-corrected chi connectivity index (χ0v) is 17.4. The van der Waals surface area contributed by atoms with Gasteiger partial charge >= 0.3 is 6.09 Å². The lowest BCUT2D eigenvalue weighted by Crippen LogP contribution is -2.44. The summed E-state index contributed by atoms with van der Waals surface area (Å²) in [5, 5.41) is 0. The summed E-state index contributed by atoms with van der Waals surface area (Å²) in [5.74, 6) is 1.75. The lowest BCUT2D eigenvalue weighted by Gasteiger charge is -2.36. The van der Waals surface area contributed by atoms with Gasteiger partial charge in [0.15, 0.2) is 0 Å². The highest BCUT2D eigenvalue weighted by Crippen LogP contribution is 2.42. The van der Waals surface area contributed by atoms with Crippen LogP contribution in [0.2, 0.25) is 0 Å². The molecular weight excluding hydrogens is 366 g/mol. The highest BCUT2D eigenvalue weighted by molar-refractivity contribution is 5.68. The number of rotatable bonds is 3. The topological polar surface area (TPSA) is 48.0 Å². The third-order valence-electron chi connectivity index (χ3n) is 5.45. The molecule has 5 nitrogen and oxygen atoms in total. The van der Waals surface area contributed by atoms with E-state index in [1.54, 1.807) is 4.90 Å². The van der Waals surface area contributed by atoms with Gasteiger partial charge in [0.2, 0.25) is 0 Å². The fraction of sp³-hybridized carbons (Fsp3) is 0.458. The van der Waals surface area contributed by atoms with E-state index in [-0.39, 0.29) is 11.7 Å². The molecule has 1 spiro atoms. The van der Waals surface area contributed by atoms with Crippen molar-refractivity contribution in [3.8, 4) is 11.5 Å². The van der Waals surface area contributed by atoms with Crippen LogP contribution in [-0.4, -0.2) is 35.3 Å². The monoisotopic (exact) mass is 395 g/mol. The first-order valence-corrected chi connectivity index (χ1v) is 10.3. The van der Waals surface area contributed by atoms with Crippen LogP contribution in [0.25, 0.3) is 0 Å². The molecule has 2 aromatic carbocycles. The molecule has 4 rings (SSSR count). The molecule has 154 valence electrons. The normalized spacial score (nSPS) is 20.9. The summed E-state index contributed by atoms with van der Waals surface area (Å²) in [6, 6.07) is 16.1. The number of amides is 1. The van der Waals surface area contributed by atoms with E-state index in [1.165, 1.54) is 0 Å². The van der Waals surface area contributed by atoms with Gasteiger partial charge < -0.3 is 19.1 Å². The molecule has 0 aliphatic carbocycles. The van der Waals surface area contributed by atoms with E-state index < -0.39 is 5.60 Å². The summed E-state index contributed by atoms with van der Waals surface area (Å²) in [6.07, 6.45) is 2.30. The van der Waals surface area contributed by atoms with Crippen LogP contribution in [0.15, 0.2) is 48.5 Å². The van der Waals surface area contributed by atoms with E-state index in [1.807, 2.05) is 57.2 Å². The largest absolute Gasteiger partial charge is 0.488 e. The van der Waals surface area contributed by atoms with Crippen LogP contribution in [-0.2, 0) is 17.8 Å². The predicted octanol–water partition coefficient (Wildman–Crippen LogP) is 4.97. The van der Waals surface area contributed by atoms with Gasteiger partial charge in [0, 0.05) is 18.5 Å². The number of fused-ring (bicyclic) bond motifs is 1. The molecule has 0 saturated carbocycles. The Hall–Kier alpha value is -2.69. The maximum absolute atomic E-state index is 12.4. The van der Waals surface area contributed by atoms with Crippen LogP contribution >= 0.6 is 0 Å². The van der Waals surface area contributed by atoms with Crippen molar-refractivity contribution in [3.63, 3.8) is 0 Å². The fourth-order valence-corrected chi connectivity index (χ4v) is 4.01. The molecule has 0 bridgehead atoms. The quantitative estimate of drug-likeness (QED) is 0.736. The molecule has 2 aromatic rings. The Morgan fingerprint density at radius 3 is 2.66 bits per heavy atom. The standard InChI is InChI=1S/C24H29NO4/c1-23(2,3)29-22(26)25-15-14-24(17-25)13-12-19-20(10-7-11-21(19)28-24)27-16-18-8-5-4-6-9-18/h4-11H,12-17H2,1-3H3/t24-/m1/s1. The van der Waals surface area contributed by atoms with Crippen molar-refractivity contribution in [2.45, 2.75) is 57.8 Å². The van der Waals surface area contributed by atoms with Gasteiger partial charge in [-0.25, -0.2) is 4.79 Å². The first-order valence-electron chi connectivity index (χ1n) is 10.3. The van der Waals surface area contributed by atoms with Crippen LogP contribution < -0.4 is 9.47 Å². The Kier molecular flexibility index (Phi) is 5.15. The summed E-state index contributed by atoms with van der Waals surface area (Å²) in [4.78, 5) is 14.2. The molecule has 5 heteroatoms. The van der Waals surface area contributed by atoms with E-state index in [4.69, 9.17) is 14.2 Å². The minimum atomic E-state index is -0.488. The number of nitrogens with zero attached hydrogens (tertiary/aromatic N) is 1. The molecule has 2 heterocycles. The van der Waals surface area contributed by atoms with Crippen molar-refractivity contribution in [3.05, 3.63) is 59.7 Å². The second-order valence-electron chi connectivity index (χ2n) is 8.94. The van der Waals surface area contributed by atoms with Gasteiger partial charge in [-0.2, -0.15) is 0 Å². The zero-order chi connectivity index (χ0) is 20.5. The molecule has 0 N–H and O–H groups in total. The van der Waals surface area contributed by atoms with Gasteiger partial charge in [-0.05, 0) is 51.3 Å². The van der Waals surface area contributed by atoms with Gasteiger partial charge in [0.1, 0.15) is 29.3 Å². The van der Waals surface area contributed by atoms with Crippen molar-refractivity contribution in [2.75, 3.05) is 13.1 Å². The molecule has 0 aromatic heterocycles. The summed E-state index contributed by atoms with van der Waals surface area (Å²) in [5.41, 5.74) is 1.44. The number of ether oxygens (including phenoxy) is 3. The number of benzene rings is 2. The first-order chi connectivity index (χ1) is 13.8. The molecule has 2 aliphatic rings. The number of hydrogen-bond acceptors (Lipinski definition) is 4. The predicted molar refractivity (Wildman–Crippen MR) is 111 cm³/mol. The average Bonchev–Trinajstić information content (AvgIpc) is 3.09. The van der Waals surface area contributed by atoms with Crippen molar-refractivity contribution in [2.24, 2.45) is 0 Å². The average molecular weight is 395 g/mol. The molecule has 1 atom stereocenters. The maximum atomic E-state index is 12.4. The van der Waals surface area contributed by atoms with E-state index in [2.05, 4.69) is 12.1 Å². The summed E-state index contributed by atoms with van der Waals surface area (Å²) >= 11 is 0. The van der Waals surface area contributed by atoms with Gasteiger partial charge in [-0.1, -0.05) is 36.4 Å². The van der Waals surface area contributed by atoms with Crippen molar-refractivity contribution in [1.29, 1.82) is 0 Å². The van der Waals surface area contributed by atoms with Gasteiger partial charge in [-0.3, -0.25) is 0 Å². The molecule has 2 aliphatic heterocycles. The van der Waals surface area contributed by atoms with E-state index in [0.29, 0.717) is 19.7 Å². The number of likely N-dealkylation sites (tertiary alicyclic amines) is 1. The number of carbonyl (C=O) groups excluding carboxylic acids is 1. The molecule has 1 amide bonds. The lowest BCUT2D eigenvalue weighted by atomic mass is 9.90. The van der Waals surface area contributed by atoms with Crippen LogP contribution in [0.3, 0.4) is 0 Å². The second kappa shape index (κ2) is 7.62. The van der Waals surface area contributed by atoms with Crippen LogP contribution in [0, 0.1) is 0 Å². The molecule has 0 unspecified atom stereocenters. The van der Waals surface area contributed by atoms with Crippen molar-refractivity contribution in [1.82, 2.24) is 4.90 Å². The van der Waals surface area contributed by atoms with Gasteiger partial charge in [0.25, 0.3) is 0 Å². The van der Waals surface area contributed by atoms with Crippen molar-refractivity contribution >= 4 is 6.09 Å². The Balaban J connectivity index is 1.43. The molecule has 29 heavy (non-hydrogen) atoms. The van der Waals surface area contributed by atoms with Crippen LogP contribution in [0.5, 0.6) is 11.5 Å². The van der Waals surface area contributed by atoms with Gasteiger partial charge in [-0.15, -0.1) is 0 Å². The number of hydrogen-bond donors (Lipinski definition) is 0. The van der Waals surface area contributed by atoms with Crippen LogP contribution in [0.1, 0.15) is 44.7 Å². The van der Waals surface area contributed by atoms with E-state index in [9.17, 15) is 4.79 Å². The van der Waals surface area contributed by atoms with E-state index in [0.717, 1.165) is 41.9 Å². The lowest BCUT2D eigenvalue weighted by molar-refractivity contribution is 0.0168.